The highest BCUT2D eigenvalue weighted by Crippen LogP contribution is 2.23. The first-order valence-corrected chi connectivity index (χ1v) is 5.26. The minimum Gasteiger partial charge on any atom is -0.496 e. The zero-order valence-electron chi connectivity index (χ0n) is 9.29. The lowest BCUT2D eigenvalue weighted by molar-refractivity contribution is -0.118. The number of carbonyl (C=O) groups is 1. The predicted octanol–water partition coefficient (Wildman–Crippen LogP) is 2.50. The molecular weight excluding hydrogens is 226 g/mol. The smallest absolute Gasteiger partial charge is 0.217 e. The van der Waals surface area contributed by atoms with Gasteiger partial charge < -0.3 is 10.1 Å². The lowest BCUT2D eigenvalue weighted by atomic mass is 10.2. The zero-order valence-corrected chi connectivity index (χ0v) is 10.0. The van der Waals surface area contributed by atoms with Crippen LogP contribution in [0.1, 0.15) is 12.5 Å². The third-order valence-corrected chi connectivity index (χ3v) is 2.19. The molecule has 0 radical (unpaired) electrons. The van der Waals surface area contributed by atoms with Crippen LogP contribution in [0, 0.1) is 0 Å². The van der Waals surface area contributed by atoms with Crippen LogP contribution in [0.5, 0.6) is 5.75 Å². The van der Waals surface area contributed by atoms with Crippen LogP contribution in [0.15, 0.2) is 24.3 Å². The Bertz CT molecular complexity index is 402. The molecule has 0 aromatic heterocycles. The van der Waals surface area contributed by atoms with Crippen LogP contribution < -0.4 is 10.1 Å². The fourth-order valence-corrected chi connectivity index (χ4v) is 1.40. The zero-order chi connectivity index (χ0) is 12.0. The lowest BCUT2D eigenvalue weighted by Crippen LogP contribution is -2.19. The molecule has 0 fully saturated rings. The monoisotopic (exact) mass is 239 g/mol. The van der Waals surface area contributed by atoms with E-state index < -0.39 is 0 Å². The molecule has 0 saturated carbocycles. The first kappa shape index (κ1) is 12.6. The SMILES string of the molecule is COc1ccc(Cl)cc1C=CCNC(C)=O. The summed E-state index contributed by atoms with van der Waals surface area (Å²) in [6.07, 6.45) is 3.70. The number of methoxy groups -OCH3 is 1. The van der Waals surface area contributed by atoms with Crippen molar-refractivity contribution in [2.45, 2.75) is 6.92 Å². The van der Waals surface area contributed by atoms with Crippen LogP contribution >= 0.6 is 11.6 Å². The van der Waals surface area contributed by atoms with E-state index in [1.54, 1.807) is 19.2 Å². The van der Waals surface area contributed by atoms with Crippen molar-refractivity contribution in [3.05, 3.63) is 34.9 Å². The largest absolute Gasteiger partial charge is 0.496 e. The van der Waals surface area contributed by atoms with Crippen LogP contribution in [0.2, 0.25) is 5.02 Å². The summed E-state index contributed by atoms with van der Waals surface area (Å²) in [6.45, 7) is 1.97. The minimum absolute atomic E-state index is 0.0530. The fraction of sp³-hybridized carbons (Fsp3) is 0.250. The molecule has 3 nitrogen and oxygen atoms in total. The Hall–Kier alpha value is -1.48. The number of halogens is 1. The number of nitrogens with one attached hydrogen (secondary N) is 1. The topological polar surface area (TPSA) is 38.3 Å². The maximum absolute atomic E-state index is 10.6. The quantitative estimate of drug-likeness (QED) is 0.877. The van der Waals surface area contributed by atoms with Gasteiger partial charge in [0, 0.05) is 24.1 Å². The van der Waals surface area contributed by atoms with Gasteiger partial charge in [0.25, 0.3) is 0 Å². The Morgan fingerprint density at radius 1 is 1.56 bits per heavy atom. The van der Waals surface area contributed by atoms with Gasteiger partial charge in [0.1, 0.15) is 5.75 Å². The molecule has 0 atom stereocenters. The van der Waals surface area contributed by atoms with E-state index in [4.69, 9.17) is 16.3 Å². The molecule has 1 rings (SSSR count). The summed E-state index contributed by atoms with van der Waals surface area (Å²) in [5, 5.41) is 3.32. The normalized spacial score (nSPS) is 10.4. The summed E-state index contributed by atoms with van der Waals surface area (Å²) in [5.74, 6) is 0.700. The van der Waals surface area contributed by atoms with Gasteiger partial charge >= 0.3 is 0 Å². The second kappa shape index (κ2) is 6.18. The van der Waals surface area contributed by atoms with Gasteiger partial charge in [-0.1, -0.05) is 23.8 Å². The third kappa shape index (κ3) is 3.95. The first-order valence-electron chi connectivity index (χ1n) is 4.88. The second-order valence-corrected chi connectivity index (χ2v) is 3.66. The van der Waals surface area contributed by atoms with E-state index in [9.17, 15) is 4.79 Å². The maximum atomic E-state index is 10.6. The summed E-state index contributed by atoms with van der Waals surface area (Å²) in [5.41, 5.74) is 0.889. The number of carbonyl (C=O) groups excluding carboxylic acids is 1. The minimum atomic E-state index is -0.0530. The average molecular weight is 240 g/mol. The molecule has 0 heterocycles. The average Bonchev–Trinajstić information content (AvgIpc) is 2.24. The molecule has 16 heavy (non-hydrogen) atoms. The van der Waals surface area contributed by atoms with Gasteiger partial charge in [0.15, 0.2) is 0 Å². The number of hydrogen-bond acceptors (Lipinski definition) is 2. The Labute approximate surface area is 100 Å². The number of amides is 1. The summed E-state index contributed by atoms with van der Waals surface area (Å²) in [4.78, 5) is 10.6. The van der Waals surface area contributed by atoms with Crippen molar-refractivity contribution < 1.29 is 9.53 Å². The number of hydrogen-bond donors (Lipinski definition) is 1. The molecule has 4 heteroatoms. The van der Waals surface area contributed by atoms with E-state index >= 15 is 0 Å². The lowest BCUT2D eigenvalue weighted by Gasteiger charge is -2.04. The molecule has 0 saturated heterocycles. The van der Waals surface area contributed by atoms with Gasteiger partial charge in [-0.25, -0.2) is 0 Å². The third-order valence-electron chi connectivity index (χ3n) is 1.96. The van der Waals surface area contributed by atoms with E-state index in [2.05, 4.69) is 5.32 Å². The molecule has 86 valence electrons. The Morgan fingerprint density at radius 3 is 2.94 bits per heavy atom. The highest BCUT2D eigenvalue weighted by molar-refractivity contribution is 6.30. The Balaban J connectivity index is 2.71. The van der Waals surface area contributed by atoms with Crippen LogP contribution in [0.25, 0.3) is 6.08 Å². The molecule has 0 aliphatic carbocycles. The van der Waals surface area contributed by atoms with E-state index in [-0.39, 0.29) is 5.91 Å². The van der Waals surface area contributed by atoms with Crippen LogP contribution in [-0.4, -0.2) is 19.6 Å². The van der Waals surface area contributed by atoms with Crippen molar-refractivity contribution in [2.24, 2.45) is 0 Å². The summed E-state index contributed by atoms with van der Waals surface area (Å²) >= 11 is 5.88. The summed E-state index contributed by atoms with van der Waals surface area (Å²) in [7, 11) is 1.61. The fourth-order valence-electron chi connectivity index (χ4n) is 1.22. The molecule has 1 aromatic carbocycles. The Kier molecular flexibility index (Phi) is 4.86. The first-order chi connectivity index (χ1) is 7.63. The summed E-state index contributed by atoms with van der Waals surface area (Å²) in [6, 6.07) is 5.39. The van der Waals surface area contributed by atoms with Gasteiger partial charge in [-0.3, -0.25) is 4.79 Å². The molecule has 0 aliphatic heterocycles. The number of ether oxygens (including phenoxy) is 1. The maximum Gasteiger partial charge on any atom is 0.217 e. The van der Waals surface area contributed by atoms with Gasteiger partial charge in [0.05, 0.1) is 7.11 Å². The van der Waals surface area contributed by atoms with Crippen molar-refractivity contribution in [2.75, 3.05) is 13.7 Å². The van der Waals surface area contributed by atoms with Crippen molar-refractivity contribution in [3.63, 3.8) is 0 Å². The van der Waals surface area contributed by atoms with E-state index in [1.807, 2.05) is 18.2 Å². The van der Waals surface area contributed by atoms with Gasteiger partial charge in [-0.05, 0) is 18.2 Å². The van der Waals surface area contributed by atoms with Gasteiger partial charge in [-0.15, -0.1) is 0 Å². The number of rotatable bonds is 4. The predicted molar refractivity (Wildman–Crippen MR) is 65.7 cm³/mol. The van der Waals surface area contributed by atoms with Crippen LogP contribution in [0.4, 0.5) is 0 Å². The molecule has 0 unspecified atom stereocenters. The molecule has 0 aliphatic rings. The molecule has 0 bridgehead atoms. The molecule has 1 N–H and O–H groups in total. The van der Waals surface area contributed by atoms with Crippen molar-refractivity contribution in [1.82, 2.24) is 5.32 Å². The standard InChI is InChI=1S/C12H14ClNO2/c1-9(15)14-7-3-4-10-8-11(13)5-6-12(10)16-2/h3-6,8H,7H2,1-2H3,(H,14,15). The molecular formula is C12H14ClNO2. The van der Waals surface area contributed by atoms with Gasteiger partial charge in [0.2, 0.25) is 5.91 Å². The van der Waals surface area contributed by atoms with Crippen LogP contribution in [-0.2, 0) is 4.79 Å². The van der Waals surface area contributed by atoms with Crippen LogP contribution in [0.3, 0.4) is 0 Å². The molecule has 1 aromatic rings. The van der Waals surface area contributed by atoms with E-state index in [0.717, 1.165) is 11.3 Å². The molecule has 0 spiro atoms. The van der Waals surface area contributed by atoms with Gasteiger partial charge in [-0.2, -0.15) is 0 Å². The van der Waals surface area contributed by atoms with E-state index in [1.165, 1.54) is 6.92 Å². The highest BCUT2D eigenvalue weighted by Gasteiger charge is 1.99. The second-order valence-electron chi connectivity index (χ2n) is 3.23. The Morgan fingerprint density at radius 2 is 2.31 bits per heavy atom. The van der Waals surface area contributed by atoms with Crippen molar-refractivity contribution in [1.29, 1.82) is 0 Å². The highest BCUT2D eigenvalue weighted by atomic mass is 35.5. The van der Waals surface area contributed by atoms with E-state index in [0.29, 0.717) is 11.6 Å². The number of benzene rings is 1. The molecule has 1 amide bonds. The summed E-state index contributed by atoms with van der Waals surface area (Å²) < 4.78 is 5.18. The van der Waals surface area contributed by atoms with Crippen molar-refractivity contribution >= 4 is 23.6 Å². The van der Waals surface area contributed by atoms with Crippen molar-refractivity contribution in [3.8, 4) is 5.75 Å².